The fraction of sp³-hybridized carbons (Fsp3) is 1.00. The number of hydrogen-bond donors (Lipinski definition) is 0. The maximum atomic E-state index is 2.72. The second kappa shape index (κ2) is 4.28. The van der Waals surface area contributed by atoms with E-state index in [1.807, 2.05) is 0 Å². The van der Waals surface area contributed by atoms with Gasteiger partial charge in [0.15, 0.2) is 0 Å². The van der Waals surface area contributed by atoms with Crippen LogP contribution in [0.15, 0.2) is 0 Å². The van der Waals surface area contributed by atoms with Crippen molar-refractivity contribution in [1.29, 1.82) is 0 Å². The number of nitrogens with zero attached hydrogens (tertiary/aromatic N) is 3. The van der Waals surface area contributed by atoms with E-state index in [2.05, 4.69) is 28.7 Å². The summed E-state index contributed by atoms with van der Waals surface area (Å²) in [5, 5.41) is 0. The average Bonchev–Trinajstić information content (AvgIpc) is 2.21. The summed E-state index contributed by atoms with van der Waals surface area (Å²) in [6.45, 7) is 10.4. The van der Waals surface area contributed by atoms with Gasteiger partial charge in [0.1, 0.15) is 0 Å². The molecule has 3 aliphatic rings. The molecule has 0 aliphatic carbocycles. The average molecular weight is 223 g/mol. The van der Waals surface area contributed by atoms with Crippen LogP contribution in [0.1, 0.15) is 19.8 Å². The van der Waals surface area contributed by atoms with Gasteiger partial charge in [-0.1, -0.05) is 6.92 Å². The van der Waals surface area contributed by atoms with Crippen LogP contribution in [-0.2, 0) is 0 Å². The zero-order valence-corrected chi connectivity index (χ0v) is 10.7. The molecule has 3 heterocycles. The Kier molecular flexibility index (Phi) is 2.94. The highest BCUT2D eigenvalue weighted by Crippen LogP contribution is 2.26. The lowest BCUT2D eigenvalue weighted by molar-refractivity contribution is -0.00958. The Bertz CT molecular complexity index is 210. The summed E-state index contributed by atoms with van der Waals surface area (Å²) < 4.78 is 0. The van der Waals surface area contributed by atoms with E-state index in [9.17, 15) is 0 Å². The first-order valence-electron chi connectivity index (χ1n) is 6.89. The number of rotatable bonds is 2. The van der Waals surface area contributed by atoms with E-state index in [1.165, 1.54) is 52.1 Å². The van der Waals surface area contributed by atoms with E-state index in [4.69, 9.17) is 0 Å². The van der Waals surface area contributed by atoms with Crippen molar-refractivity contribution in [1.82, 2.24) is 14.7 Å². The van der Waals surface area contributed by atoms with Gasteiger partial charge in [-0.05, 0) is 25.8 Å². The second-order valence-corrected chi connectivity index (χ2v) is 6.20. The Morgan fingerprint density at radius 1 is 0.812 bits per heavy atom. The van der Waals surface area contributed by atoms with Gasteiger partial charge in [-0.2, -0.15) is 0 Å². The molecule has 16 heavy (non-hydrogen) atoms. The molecule has 0 N–H and O–H groups in total. The third-order valence-electron chi connectivity index (χ3n) is 4.67. The topological polar surface area (TPSA) is 9.72 Å². The molecule has 0 spiro atoms. The fourth-order valence-electron chi connectivity index (χ4n) is 3.56. The zero-order valence-electron chi connectivity index (χ0n) is 10.7. The molecule has 3 fully saturated rings. The highest BCUT2D eigenvalue weighted by molar-refractivity contribution is 4.92. The molecule has 3 aliphatic heterocycles. The third-order valence-corrected chi connectivity index (χ3v) is 4.67. The van der Waals surface area contributed by atoms with Crippen LogP contribution >= 0.6 is 0 Å². The van der Waals surface area contributed by atoms with E-state index in [0.29, 0.717) is 0 Å². The number of hydrogen-bond acceptors (Lipinski definition) is 3. The van der Waals surface area contributed by atoms with Crippen molar-refractivity contribution in [3.8, 4) is 0 Å². The molecule has 3 rings (SSSR count). The van der Waals surface area contributed by atoms with Gasteiger partial charge in [0.05, 0.1) is 0 Å². The Labute approximate surface area is 99.4 Å². The quantitative estimate of drug-likeness (QED) is 0.683. The molecule has 92 valence electrons. The monoisotopic (exact) mass is 223 g/mol. The second-order valence-electron chi connectivity index (χ2n) is 6.20. The molecule has 0 unspecified atom stereocenters. The van der Waals surface area contributed by atoms with Crippen LogP contribution in [0.2, 0.25) is 0 Å². The van der Waals surface area contributed by atoms with E-state index in [1.54, 1.807) is 0 Å². The van der Waals surface area contributed by atoms with E-state index < -0.39 is 0 Å². The van der Waals surface area contributed by atoms with Gasteiger partial charge in [-0.3, -0.25) is 9.80 Å². The Balaban J connectivity index is 1.42. The van der Waals surface area contributed by atoms with Crippen molar-refractivity contribution < 1.29 is 0 Å². The molecule has 3 saturated heterocycles. The molecule has 0 aromatic rings. The van der Waals surface area contributed by atoms with Gasteiger partial charge in [-0.15, -0.1) is 0 Å². The molecule has 0 amide bonds. The molecule has 3 heteroatoms. The van der Waals surface area contributed by atoms with Crippen molar-refractivity contribution >= 4 is 0 Å². The summed E-state index contributed by atoms with van der Waals surface area (Å²) in [6.07, 6.45) is 2.82. The highest BCUT2D eigenvalue weighted by atomic mass is 15.3. The summed E-state index contributed by atoms with van der Waals surface area (Å²) in [7, 11) is 2.23. The first-order valence-corrected chi connectivity index (χ1v) is 6.89. The molecule has 0 atom stereocenters. The normalized spacial score (nSPS) is 32.6. The van der Waals surface area contributed by atoms with Gasteiger partial charge in [-0.25, -0.2) is 0 Å². The molecule has 3 nitrogen and oxygen atoms in total. The van der Waals surface area contributed by atoms with Gasteiger partial charge in [0.25, 0.3) is 0 Å². The lowest BCUT2D eigenvalue weighted by atomic mass is 9.93. The summed E-state index contributed by atoms with van der Waals surface area (Å²) in [5.41, 5.74) is 0. The van der Waals surface area contributed by atoms with Gasteiger partial charge >= 0.3 is 0 Å². The molecular formula is C13H25N3. The minimum atomic E-state index is 0.876. The number of piperidine rings is 1. The van der Waals surface area contributed by atoms with E-state index >= 15 is 0 Å². The SMILES string of the molecule is CC1CN(C2CCN(C3CN(C)C3)CC2)C1. The van der Waals surface area contributed by atoms with Crippen LogP contribution < -0.4 is 0 Å². The first-order chi connectivity index (χ1) is 7.72. The molecule has 0 radical (unpaired) electrons. The number of likely N-dealkylation sites (N-methyl/N-ethyl adjacent to an activating group) is 1. The predicted molar refractivity (Wildman–Crippen MR) is 66.6 cm³/mol. The predicted octanol–water partition coefficient (Wildman–Crippen LogP) is 0.717. The molecule has 0 bridgehead atoms. The lowest BCUT2D eigenvalue weighted by Crippen LogP contribution is -2.61. The van der Waals surface area contributed by atoms with E-state index in [0.717, 1.165) is 18.0 Å². The maximum absolute atomic E-state index is 2.72. The summed E-state index contributed by atoms with van der Waals surface area (Å²) >= 11 is 0. The minimum Gasteiger partial charge on any atom is -0.303 e. The van der Waals surface area contributed by atoms with Crippen LogP contribution in [0.25, 0.3) is 0 Å². The van der Waals surface area contributed by atoms with Crippen LogP contribution in [0.3, 0.4) is 0 Å². The van der Waals surface area contributed by atoms with Crippen LogP contribution in [0, 0.1) is 5.92 Å². The first kappa shape index (κ1) is 11.0. The highest BCUT2D eigenvalue weighted by Gasteiger charge is 2.35. The lowest BCUT2D eigenvalue weighted by Gasteiger charge is -2.50. The largest absolute Gasteiger partial charge is 0.303 e. The summed E-state index contributed by atoms with van der Waals surface area (Å²) in [6, 6.07) is 1.78. The Morgan fingerprint density at radius 2 is 1.44 bits per heavy atom. The third kappa shape index (κ3) is 2.01. The zero-order chi connectivity index (χ0) is 11.1. The van der Waals surface area contributed by atoms with Crippen LogP contribution in [0.4, 0.5) is 0 Å². The van der Waals surface area contributed by atoms with Gasteiger partial charge < -0.3 is 4.90 Å². The smallest absolute Gasteiger partial charge is 0.0350 e. The van der Waals surface area contributed by atoms with E-state index in [-0.39, 0.29) is 0 Å². The van der Waals surface area contributed by atoms with Gasteiger partial charge in [0.2, 0.25) is 0 Å². The van der Waals surface area contributed by atoms with Crippen LogP contribution in [-0.4, -0.2) is 73.1 Å². The summed E-state index contributed by atoms with van der Waals surface area (Å²) in [5.74, 6) is 0.957. The van der Waals surface area contributed by atoms with Gasteiger partial charge in [0, 0.05) is 51.4 Å². The molecule has 0 aromatic heterocycles. The van der Waals surface area contributed by atoms with Crippen LogP contribution in [0.5, 0.6) is 0 Å². The molecule has 0 aromatic carbocycles. The fourth-order valence-corrected chi connectivity index (χ4v) is 3.56. The maximum Gasteiger partial charge on any atom is 0.0350 e. The van der Waals surface area contributed by atoms with Crippen molar-refractivity contribution in [2.24, 2.45) is 5.92 Å². The van der Waals surface area contributed by atoms with Crippen molar-refractivity contribution in [3.63, 3.8) is 0 Å². The minimum absolute atomic E-state index is 0.876. The molecular weight excluding hydrogens is 198 g/mol. The number of likely N-dealkylation sites (tertiary alicyclic amines) is 3. The van der Waals surface area contributed by atoms with Crippen molar-refractivity contribution in [2.45, 2.75) is 31.8 Å². The van der Waals surface area contributed by atoms with Crippen molar-refractivity contribution in [3.05, 3.63) is 0 Å². The molecule has 0 saturated carbocycles. The summed E-state index contributed by atoms with van der Waals surface area (Å²) in [4.78, 5) is 7.85. The van der Waals surface area contributed by atoms with Crippen molar-refractivity contribution in [2.75, 3.05) is 46.3 Å². The Hall–Kier alpha value is -0.120. The standard InChI is InChI=1S/C13H25N3/c1-11-7-16(8-11)12-3-5-15(6-4-12)13-9-14(2)10-13/h11-13H,3-10H2,1-2H3. The Morgan fingerprint density at radius 3 is 1.94 bits per heavy atom.